The summed E-state index contributed by atoms with van der Waals surface area (Å²) in [5.41, 5.74) is 0.945. The van der Waals surface area contributed by atoms with E-state index in [0.29, 0.717) is 32.3 Å². The molecule has 26 heavy (non-hydrogen) atoms. The number of nitrogens with two attached hydrogens (primary N) is 1. The SMILES string of the molecule is Nn1c(SCC(=O)Nc2cccc(F)c2)nnc1-c1ccc(Cl)cc1Cl. The summed E-state index contributed by atoms with van der Waals surface area (Å²) in [4.78, 5) is 12.0. The number of rotatable bonds is 5. The lowest BCUT2D eigenvalue weighted by molar-refractivity contribution is -0.113. The number of anilines is 1. The van der Waals surface area contributed by atoms with Crippen LogP contribution in [-0.2, 0) is 4.79 Å². The number of benzene rings is 2. The van der Waals surface area contributed by atoms with E-state index in [1.807, 2.05) is 0 Å². The molecular weight excluding hydrogens is 400 g/mol. The first-order valence-corrected chi connectivity index (χ1v) is 9.02. The van der Waals surface area contributed by atoms with Crippen LogP contribution >= 0.6 is 35.0 Å². The molecule has 0 bridgehead atoms. The van der Waals surface area contributed by atoms with Crippen molar-refractivity contribution in [3.05, 3.63) is 58.3 Å². The highest BCUT2D eigenvalue weighted by atomic mass is 35.5. The van der Waals surface area contributed by atoms with Gasteiger partial charge in [-0.25, -0.2) is 9.07 Å². The Labute approximate surface area is 162 Å². The minimum absolute atomic E-state index is 0.0280. The van der Waals surface area contributed by atoms with Gasteiger partial charge in [-0.1, -0.05) is 41.0 Å². The van der Waals surface area contributed by atoms with E-state index in [-0.39, 0.29) is 11.7 Å². The van der Waals surface area contributed by atoms with Gasteiger partial charge >= 0.3 is 0 Å². The second-order valence-corrected chi connectivity index (χ2v) is 6.93. The molecule has 1 amide bonds. The van der Waals surface area contributed by atoms with Gasteiger partial charge in [-0.15, -0.1) is 10.2 Å². The molecule has 6 nitrogen and oxygen atoms in total. The third-order valence-corrected chi connectivity index (χ3v) is 4.77. The number of hydrogen-bond donors (Lipinski definition) is 2. The van der Waals surface area contributed by atoms with Crippen LogP contribution in [0.4, 0.5) is 10.1 Å². The van der Waals surface area contributed by atoms with Gasteiger partial charge in [0.2, 0.25) is 11.1 Å². The number of carbonyl (C=O) groups excluding carboxylic acids is 1. The summed E-state index contributed by atoms with van der Waals surface area (Å²) in [5, 5.41) is 11.8. The number of thioether (sulfide) groups is 1. The van der Waals surface area contributed by atoms with E-state index < -0.39 is 5.82 Å². The average molecular weight is 412 g/mol. The van der Waals surface area contributed by atoms with Crippen molar-refractivity contribution in [2.75, 3.05) is 16.9 Å². The van der Waals surface area contributed by atoms with Crippen molar-refractivity contribution in [1.29, 1.82) is 0 Å². The summed E-state index contributed by atoms with van der Waals surface area (Å²) in [6, 6.07) is 10.6. The van der Waals surface area contributed by atoms with E-state index in [0.717, 1.165) is 11.8 Å². The zero-order chi connectivity index (χ0) is 18.7. The molecule has 3 aromatic rings. The molecule has 3 N–H and O–H groups in total. The van der Waals surface area contributed by atoms with Gasteiger partial charge < -0.3 is 11.2 Å². The Morgan fingerprint density at radius 3 is 2.77 bits per heavy atom. The van der Waals surface area contributed by atoms with Crippen LogP contribution < -0.4 is 11.2 Å². The van der Waals surface area contributed by atoms with Crippen LogP contribution in [0.3, 0.4) is 0 Å². The van der Waals surface area contributed by atoms with Crippen LogP contribution in [-0.4, -0.2) is 26.5 Å². The maximum absolute atomic E-state index is 13.1. The number of hydrogen-bond acceptors (Lipinski definition) is 5. The molecule has 0 aliphatic rings. The van der Waals surface area contributed by atoms with Crippen LogP contribution in [0.5, 0.6) is 0 Å². The van der Waals surface area contributed by atoms with Gasteiger partial charge in [-0.05, 0) is 36.4 Å². The molecule has 134 valence electrons. The van der Waals surface area contributed by atoms with Crippen molar-refractivity contribution < 1.29 is 9.18 Å². The van der Waals surface area contributed by atoms with Crippen LogP contribution in [0.15, 0.2) is 47.6 Å². The smallest absolute Gasteiger partial charge is 0.234 e. The monoisotopic (exact) mass is 411 g/mol. The van der Waals surface area contributed by atoms with Gasteiger partial charge in [-0.2, -0.15) is 0 Å². The highest BCUT2D eigenvalue weighted by Crippen LogP contribution is 2.30. The lowest BCUT2D eigenvalue weighted by atomic mass is 10.2. The number of aromatic nitrogens is 3. The van der Waals surface area contributed by atoms with E-state index >= 15 is 0 Å². The molecular formula is C16H12Cl2FN5OS. The maximum Gasteiger partial charge on any atom is 0.234 e. The summed E-state index contributed by atoms with van der Waals surface area (Å²) in [6.07, 6.45) is 0. The molecule has 3 rings (SSSR count). The number of nitrogens with one attached hydrogen (secondary N) is 1. The number of nitrogens with zero attached hydrogens (tertiary/aromatic N) is 3. The lowest BCUT2D eigenvalue weighted by Crippen LogP contribution is -2.16. The summed E-state index contributed by atoms with van der Waals surface area (Å²) in [6.45, 7) is 0. The minimum atomic E-state index is -0.429. The Balaban J connectivity index is 1.68. The van der Waals surface area contributed by atoms with Crippen molar-refractivity contribution in [3.8, 4) is 11.4 Å². The normalized spacial score (nSPS) is 10.7. The molecule has 0 aliphatic carbocycles. The van der Waals surface area contributed by atoms with E-state index in [1.165, 1.54) is 22.9 Å². The fraction of sp³-hybridized carbons (Fsp3) is 0.0625. The Morgan fingerprint density at radius 1 is 1.23 bits per heavy atom. The van der Waals surface area contributed by atoms with Crippen LogP contribution in [0, 0.1) is 5.82 Å². The maximum atomic E-state index is 13.1. The number of carbonyl (C=O) groups is 1. The van der Waals surface area contributed by atoms with E-state index in [4.69, 9.17) is 29.0 Å². The highest BCUT2D eigenvalue weighted by Gasteiger charge is 2.16. The van der Waals surface area contributed by atoms with Crippen LogP contribution in [0.1, 0.15) is 0 Å². The van der Waals surface area contributed by atoms with Gasteiger partial charge in [0, 0.05) is 16.3 Å². The molecule has 0 saturated heterocycles. The van der Waals surface area contributed by atoms with Crippen molar-refractivity contribution >= 4 is 46.6 Å². The van der Waals surface area contributed by atoms with Crippen LogP contribution in [0.2, 0.25) is 10.0 Å². The first-order chi connectivity index (χ1) is 12.4. The van der Waals surface area contributed by atoms with Gasteiger partial charge in [0.15, 0.2) is 5.82 Å². The topological polar surface area (TPSA) is 85.8 Å². The minimum Gasteiger partial charge on any atom is -0.335 e. The quantitative estimate of drug-likeness (QED) is 0.491. The summed E-state index contributed by atoms with van der Waals surface area (Å²) < 4.78 is 14.4. The van der Waals surface area contributed by atoms with E-state index in [2.05, 4.69) is 15.5 Å². The molecule has 1 aromatic heterocycles. The second-order valence-electron chi connectivity index (χ2n) is 5.15. The van der Waals surface area contributed by atoms with Crippen molar-refractivity contribution in [2.45, 2.75) is 5.16 Å². The van der Waals surface area contributed by atoms with Gasteiger partial charge in [-0.3, -0.25) is 4.79 Å². The van der Waals surface area contributed by atoms with Gasteiger partial charge in [0.05, 0.1) is 10.8 Å². The molecule has 0 fully saturated rings. The van der Waals surface area contributed by atoms with Gasteiger partial charge in [0.25, 0.3) is 0 Å². The summed E-state index contributed by atoms with van der Waals surface area (Å²) in [5.74, 6) is 5.62. The predicted octanol–water partition coefficient (Wildman–Crippen LogP) is 3.84. The third kappa shape index (κ3) is 4.27. The highest BCUT2D eigenvalue weighted by molar-refractivity contribution is 7.99. The standard InChI is InChI=1S/C16H12Cl2FN5OS/c17-9-4-5-12(13(18)6-9)15-22-23-16(24(15)20)26-8-14(25)21-11-3-1-2-10(19)7-11/h1-7H,8,20H2,(H,21,25). The molecule has 0 spiro atoms. The Kier molecular flexibility index (Phi) is 5.65. The Hall–Kier alpha value is -2.29. The molecule has 2 aromatic carbocycles. The zero-order valence-corrected chi connectivity index (χ0v) is 15.4. The Bertz CT molecular complexity index is 966. The van der Waals surface area contributed by atoms with Crippen LogP contribution in [0.25, 0.3) is 11.4 Å². The average Bonchev–Trinajstić information content (AvgIpc) is 2.94. The summed E-state index contributed by atoms with van der Waals surface area (Å²) >= 11 is 13.1. The molecule has 10 heteroatoms. The summed E-state index contributed by atoms with van der Waals surface area (Å²) in [7, 11) is 0. The Morgan fingerprint density at radius 2 is 2.04 bits per heavy atom. The second kappa shape index (κ2) is 7.94. The van der Waals surface area contributed by atoms with Crippen molar-refractivity contribution in [1.82, 2.24) is 14.9 Å². The molecule has 0 unspecified atom stereocenters. The van der Waals surface area contributed by atoms with Gasteiger partial charge in [0.1, 0.15) is 5.82 Å². The first-order valence-electron chi connectivity index (χ1n) is 7.28. The van der Waals surface area contributed by atoms with Crippen molar-refractivity contribution in [3.63, 3.8) is 0 Å². The third-order valence-electron chi connectivity index (χ3n) is 3.28. The van der Waals surface area contributed by atoms with Crippen molar-refractivity contribution in [2.24, 2.45) is 0 Å². The number of halogens is 3. The molecule has 0 saturated carbocycles. The fourth-order valence-corrected chi connectivity index (χ4v) is 3.27. The largest absolute Gasteiger partial charge is 0.335 e. The molecule has 1 heterocycles. The zero-order valence-electron chi connectivity index (χ0n) is 13.1. The number of amides is 1. The predicted molar refractivity (Wildman–Crippen MR) is 101 cm³/mol. The lowest BCUT2D eigenvalue weighted by Gasteiger charge is -2.06. The number of nitrogen functional groups attached to an aromatic ring is 1. The molecule has 0 aliphatic heterocycles. The van der Waals surface area contributed by atoms with E-state index in [1.54, 1.807) is 24.3 Å². The van der Waals surface area contributed by atoms with E-state index in [9.17, 15) is 9.18 Å². The molecule has 0 radical (unpaired) electrons. The fourth-order valence-electron chi connectivity index (χ4n) is 2.12. The first kappa shape index (κ1) is 18.5. The molecule has 0 atom stereocenters.